The molecule has 1 unspecified atom stereocenters. The second kappa shape index (κ2) is 7.86. The summed E-state index contributed by atoms with van der Waals surface area (Å²) < 4.78 is 17.5. The van der Waals surface area contributed by atoms with E-state index in [2.05, 4.69) is 10.4 Å². The van der Waals surface area contributed by atoms with Gasteiger partial charge in [-0.05, 0) is 85.4 Å². The number of fused-ring (bicyclic) bond motifs is 2. The van der Waals surface area contributed by atoms with E-state index in [0.717, 1.165) is 44.1 Å². The van der Waals surface area contributed by atoms with Crippen LogP contribution >= 0.6 is 0 Å². The van der Waals surface area contributed by atoms with Crippen molar-refractivity contribution in [1.82, 2.24) is 0 Å². The number of carbonyl (C=O) groups excluding carboxylic acids is 2. The van der Waals surface area contributed by atoms with Gasteiger partial charge in [-0.1, -0.05) is 23.8 Å². The van der Waals surface area contributed by atoms with E-state index in [0.29, 0.717) is 11.3 Å². The number of rotatable bonds is 5. The topological polar surface area (TPSA) is 63.6 Å². The first-order valence-electron chi connectivity index (χ1n) is 10.3. The van der Waals surface area contributed by atoms with Crippen LogP contribution in [0.1, 0.15) is 53.1 Å². The minimum atomic E-state index is -3.11. The molecule has 2 aliphatic carbocycles. The molecule has 0 aliphatic heterocycles. The van der Waals surface area contributed by atoms with Crippen LogP contribution in [0.5, 0.6) is 0 Å². The van der Waals surface area contributed by atoms with Crippen LogP contribution in [-0.4, -0.2) is 21.7 Å². The first-order valence-corrected chi connectivity index (χ1v) is 12.0. The number of aryl methyl sites for hydroxylation is 3. The highest BCUT2D eigenvalue weighted by Gasteiger charge is 2.26. The summed E-state index contributed by atoms with van der Waals surface area (Å²) in [5.41, 5.74) is 7.65. The molecule has 1 atom stereocenters. The minimum Gasteiger partial charge on any atom is -0.298 e. The Balaban J connectivity index is 1.66. The zero-order valence-corrected chi connectivity index (χ0v) is 17.9. The van der Waals surface area contributed by atoms with Crippen molar-refractivity contribution in [1.29, 1.82) is 0 Å². The van der Waals surface area contributed by atoms with Crippen molar-refractivity contribution in [2.45, 2.75) is 63.7 Å². The molecular weight excluding hydrogens is 382 g/mol. The van der Waals surface area contributed by atoms with Crippen molar-refractivity contribution in [3.05, 3.63) is 63.7 Å². The summed E-state index contributed by atoms with van der Waals surface area (Å²) in [6.45, 7) is 3.23. The zero-order chi connectivity index (χ0) is 20.6. The van der Waals surface area contributed by atoms with E-state index in [1.165, 1.54) is 34.7 Å². The van der Waals surface area contributed by atoms with Crippen molar-refractivity contribution < 1.29 is 13.8 Å². The number of Topliss-reactive ketones (excluding diaryl/α,β-unsaturated/α-hetero) is 1. The summed E-state index contributed by atoms with van der Waals surface area (Å²) in [6.07, 6.45) is 6.79. The number of hydrogen-bond donors (Lipinski definition) is 0. The Morgan fingerprint density at radius 2 is 1.55 bits per heavy atom. The lowest BCUT2D eigenvalue weighted by molar-refractivity contribution is -0.116. The number of carbonyl (C=O) groups is 2. The molecule has 0 N–H and O–H groups in total. The number of ketones is 1. The third-order valence-corrected chi connectivity index (χ3v) is 8.27. The van der Waals surface area contributed by atoms with Crippen LogP contribution in [-0.2, 0) is 51.4 Å². The number of nitrogens with zero attached hydrogens (tertiary/aromatic N) is 1. The van der Waals surface area contributed by atoms with Gasteiger partial charge in [0.05, 0.1) is 15.5 Å². The third-order valence-electron chi connectivity index (χ3n) is 5.99. The van der Waals surface area contributed by atoms with Crippen LogP contribution in [0, 0.1) is 6.92 Å². The van der Waals surface area contributed by atoms with Gasteiger partial charge in [-0.2, -0.15) is 4.36 Å². The summed E-state index contributed by atoms with van der Waals surface area (Å²) in [5, 5.41) is 0. The molecular formula is C24H27NO3S. The maximum absolute atomic E-state index is 13.6. The molecule has 0 bridgehead atoms. The van der Waals surface area contributed by atoms with Crippen LogP contribution in [0.2, 0.25) is 0 Å². The average molecular weight is 410 g/mol. The van der Waals surface area contributed by atoms with Crippen LogP contribution in [0.3, 0.4) is 0 Å². The van der Waals surface area contributed by atoms with Crippen LogP contribution in [0.4, 0.5) is 0 Å². The summed E-state index contributed by atoms with van der Waals surface area (Å²) in [6, 6.07) is 9.46. The van der Waals surface area contributed by atoms with E-state index in [1.807, 2.05) is 19.1 Å². The van der Waals surface area contributed by atoms with Gasteiger partial charge in [-0.15, -0.1) is 0 Å². The molecule has 2 aliphatic rings. The lowest BCUT2D eigenvalue weighted by Gasteiger charge is -2.15. The molecule has 5 heteroatoms. The highest BCUT2D eigenvalue weighted by atomic mass is 32.2. The van der Waals surface area contributed by atoms with Crippen molar-refractivity contribution in [2.24, 2.45) is 4.36 Å². The molecule has 0 heterocycles. The summed E-state index contributed by atoms with van der Waals surface area (Å²) in [5.74, 6) is -0.825. The Bertz CT molecular complexity index is 1070. The third kappa shape index (κ3) is 4.06. The SMILES string of the molecule is CC(=O)N=S(=O)(CC(=O)Cc1c2c(cc3c1CCC3)CCC2)c1ccc(C)cc1. The van der Waals surface area contributed by atoms with Crippen molar-refractivity contribution in [2.75, 3.05) is 5.75 Å². The lowest BCUT2D eigenvalue weighted by Crippen LogP contribution is -2.20. The van der Waals surface area contributed by atoms with E-state index < -0.39 is 15.6 Å². The fourth-order valence-electron chi connectivity index (χ4n) is 4.74. The largest absolute Gasteiger partial charge is 0.298 e. The lowest BCUT2D eigenvalue weighted by atomic mass is 9.91. The van der Waals surface area contributed by atoms with E-state index in [9.17, 15) is 13.8 Å². The van der Waals surface area contributed by atoms with Gasteiger partial charge in [0.1, 0.15) is 0 Å². The molecule has 4 rings (SSSR count). The van der Waals surface area contributed by atoms with Crippen molar-refractivity contribution in [3.63, 3.8) is 0 Å². The second-order valence-corrected chi connectivity index (χ2v) is 10.5. The maximum atomic E-state index is 13.6. The molecule has 0 radical (unpaired) electrons. The Labute approximate surface area is 172 Å². The standard InChI is InChI=1S/C24H27NO3S/c1-16-9-11-21(12-10-16)29(28,25-17(2)26)15-20(27)14-24-22-7-3-5-18(22)13-19-6-4-8-23(19)24/h9-13H,3-8,14-15H2,1-2H3. The first-order chi connectivity index (χ1) is 13.9. The van der Waals surface area contributed by atoms with E-state index in [4.69, 9.17) is 0 Å². The van der Waals surface area contributed by atoms with Crippen LogP contribution in [0.15, 0.2) is 39.6 Å². The molecule has 0 saturated carbocycles. The summed E-state index contributed by atoms with van der Waals surface area (Å²) in [7, 11) is -3.11. The minimum absolute atomic E-state index is 0.102. The number of benzene rings is 2. The second-order valence-electron chi connectivity index (χ2n) is 8.26. The van der Waals surface area contributed by atoms with E-state index >= 15 is 0 Å². The quantitative estimate of drug-likeness (QED) is 0.745. The normalized spacial score (nSPS) is 16.8. The Morgan fingerprint density at radius 1 is 0.966 bits per heavy atom. The van der Waals surface area contributed by atoms with Gasteiger partial charge in [0.25, 0.3) is 5.91 Å². The highest BCUT2D eigenvalue weighted by molar-refractivity contribution is 7.94. The Hall–Kier alpha value is -2.27. The smallest absolute Gasteiger partial charge is 0.250 e. The predicted octanol–water partition coefficient (Wildman–Crippen LogP) is 4.16. The summed E-state index contributed by atoms with van der Waals surface area (Å²) >= 11 is 0. The monoisotopic (exact) mass is 409 g/mol. The average Bonchev–Trinajstić information content (AvgIpc) is 3.30. The summed E-state index contributed by atoms with van der Waals surface area (Å²) in [4.78, 5) is 25.2. The Kier molecular flexibility index (Phi) is 5.43. The Morgan fingerprint density at radius 3 is 2.10 bits per heavy atom. The molecule has 4 nitrogen and oxygen atoms in total. The molecule has 0 saturated heterocycles. The molecule has 2 aromatic carbocycles. The van der Waals surface area contributed by atoms with E-state index in [-0.39, 0.29) is 11.5 Å². The van der Waals surface area contributed by atoms with Crippen molar-refractivity contribution >= 4 is 21.4 Å². The fourth-order valence-corrected chi connectivity index (χ4v) is 6.59. The van der Waals surface area contributed by atoms with E-state index in [1.54, 1.807) is 12.1 Å². The molecule has 1 amide bonds. The number of hydrogen-bond acceptors (Lipinski definition) is 3. The van der Waals surface area contributed by atoms with Gasteiger partial charge in [-0.3, -0.25) is 9.59 Å². The highest BCUT2D eigenvalue weighted by Crippen LogP contribution is 2.35. The van der Waals surface area contributed by atoms with Crippen molar-refractivity contribution in [3.8, 4) is 0 Å². The molecule has 29 heavy (non-hydrogen) atoms. The number of amides is 1. The van der Waals surface area contributed by atoms with Gasteiger partial charge in [0, 0.05) is 18.2 Å². The molecule has 2 aromatic rings. The van der Waals surface area contributed by atoms with Gasteiger partial charge in [-0.25, -0.2) is 4.21 Å². The van der Waals surface area contributed by atoms with Crippen LogP contribution < -0.4 is 0 Å². The molecule has 0 aromatic heterocycles. The van der Waals surface area contributed by atoms with Gasteiger partial charge < -0.3 is 0 Å². The van der Waals surface area contributed by atoms with Gasteiger partial charge >= 0.3 is 0 Å². The molecule has 152 valence electrons. The van der Waals surface area contributed by atoms with Crippen LogP contribution in [0.25, 0.3) is 0 Å². The predicted molar refractivity (Wildman–Crippen MR) is 115 cm³/mol. The van der Waals surface area contributed by atoms with Gasteiger partial charge in [0.2, 0.25) is 0 Å². The first kappa shape index (κ1) is 20.0. The van der Waals surface area contributed by atoms with Gasteiger partial charge in [0.15, 0.2) is 5.78 Å². The zero-order valence-electron chi connectivity index (χ0n) is 17.1. The fraction of sp³-hybridized carbons (Fsp3) is 0.417. The molecule has 0 fully saturated rings. The maximum Gasteiger partial charge on any atom is 0.250 e. The molecule has 0 spiro atoms.